The van der Waals surface area contributed by atoms with Crippen LogP contribution in [0.1, 0.15) is 31.9 Å². The van der Waals surface area contributed by atoms with Gasteiger partial charge >= 0.3 is 0 Å². The summed E-state index contributed by atoms with van der Waals surface area (Å²) in [4.78, 5) is 18.1. The summed E-state index contributed by atoms with van der Waals surface area (Å²) in [5, 5.41) is 5.35. The first-order valence-electron chi connectivity index (χ1n) is 6.89. The topological polar surface area (TPSA) is 46.4 Å². The molecule has 2 aromatic rings. The van der Waals surface area contributed by atoms with E-state index >= 15 is 0 Å². The molecule has 5 heteroatoms. The quantitative estimate of drug-likeness (QED) is 0.912. The van der Waals surface area contributed by atoms with Gasteiger partial charge in [0.2, 0.25) is 0 Å². The number of thiazole rings is 1. The first-order valence-corrected chi connectivity index (χ1v) is 7.76. The van der Waals surface area contributed by atoms with Crippen molar-refractivity contribution < 1.29 is 4.79 Å². The van der Waals surface area contributed by atoms with Crippen molar-refractivity contribution in [3.63, 3.8) is 0 Å². The zero-order valence-electron chi connectivity index (χ0n) is 11.2. The molecule has 1 unspecified atom stereocenters. The lowest BCUT2D eigenvalue weighted by molar-refractivity contribution is -0.127. The zero-order chi connectivity index (χ0) is 13.3. The number of carbonyl (C=O) groups excluding carboxylic acids is 1. The standard InChI is InChI=1S/C14H19N3OS/c1-2-3-14(4-5-15-10-14)12(18)8-11-9-17-6-7-19-13(17)16-11/h6-7,9,15H,2-5,8,10H2,1H3. The molecule has 1 saturated heterocycles. The molecule has 0 amide bonds. The van der Waals surface area contributed by atoms with Crippen LogP contribution in [0, 0.1) is 5.41 Å². The Bertz CT molecular complexity index is 552. The van der Waals surface area contributed by atoms with Gasteiger partial charge in [-0.2, -0.15) is 0 Å². The smallest absolute Gasteiger partial charge is 0.193 e. The van der Waals surface area contributed by atoms with Crippen LogP contribution < -0.4 is 5.32 Å². The summed E-state index contributed by atoms with van der Waals surface area (Å²) in [5.41, 5.74) is 0.755. The van der Waals surface area contributed by atoms with Crippen molar-refractivity contribution in [1.29, 1.82) is 0 Å². The van der Waals surface area contributed by atoms with E-state index in [1.807, 2.05) is 22.2 Å². The van der Waals surface area contributed by atoms with Crippen molar-refractivity contribution in [2.75, 3.05) is 13.1 Å². The highest BCUT2D eigenvalue weighted by molar-refractivity contribution is 7.15. The maximum atomic E-state index is 12.6. The second-order valence-corrected chi connectivity index (χ2v) is 6.26. The molecule has 3 heterocycles. The average Bonchev–Trinajstić information content (AvgIpc) is 3.04. The molecular weight excluding hydrogens is 258 g/mol. The maximum Gasteiger partial charge on any atom is 0.193 e. The minimum absolute atomic E-state index is 0.147. The molecule has 1 aliphatic heterocycles. The van der Waals surface area contributed by atoms with Crippen LogP contribution in [0.2, 0.25) is 0 Å². The molecular formula is C14H19N3OS. The van der Waals surface area contributed by atoms with E-state index in [-0.39, 0.29) is 5.41 Å². The van der Waals surface area contributed by atoms with Gasteiger partial charge in [-0.15, -0.1) is 11.3 Å². The fraction of sp³-hybridized carbons (Fsp3) is 0.571. The lowest BCUT2D eigenvalue weighted by Crippen LogP contribution is -2.34. The number of ketones is 1. The highest BCUT2D eigenvalue weighted by atomic mass is 32.1. The van der Waals surface area contributed by atoms with E-state index in [0.717, 1.165) is 43.0 Å². The van der Waals surface area contributed by atoms with Crippen LogP contribution in [0.4, 0.5) is 0 Å². The number of hydrogen-bond acceptors (Lipinski definition) is 4. The van der Waals surface area contributed by atoms with E-state index in [9.17, 15) is 4.79 Å². The van der Waals surface area contributed by atoms with Gasteiger partial charge in [-0.3, -0.25) is 9.20 Å². The number of carbonyl (C=O) groups is 1. The molecule has 0 radical (unpaired) electrons. The van der Waals surface area contributed by atoms with Gasteiger partial charge in [0, 0.05) is 29.7 Å². The maximum absolute atomic E-state index is 12.6. The number of imidazole rings is 1. The predicted octanol–water partition coefficient (Wildman–Crippen LogP) is 2.29. The van der Waals surface area contributed by atoms with Gasteiger partial charge in [-0.05, 0) is 19.4 Å². The predicted molar refractivity (Wildman–Crippen MR) is 76.6 cm³/mol. The van der Waals surface area contributed by atoms with E-state index in [4.69, 9.17) is 0 Å². The average molecular weight is 277 g/mol. The molecule has 1 fully saturated rings. The highest BCUT2D eigenvalue weighted by Gasteiger charge is 2.39. The van der Waals surface area contributed by atoms with Gasteiger partial charge in [0.15, 0.2) is 4.96 Å². The molecule has 1 atom stereocenters. The van der Waals surface area contributed by atoms with E-state index in [0.29, 0.717) is 12.2 Å². The Morgan fingerprint density at radius 2 is 2.53 bits per heavy atom. The summed E-state index contributed by atoms with van der Waals surface area (Å²) in [6.07, 6.45) is 7.45. The van der Waals surface area contributed by atoms with E-state index in [1.165, 1.54) is 0 Å². The van der Waals surface area contributed by atoms with Crippen LogP contribution in [0.3, 0.4) is 0 Å². The molecule has 3 rings (SSSR count). The van der Waals surface area contributed by atoms with Gasteiger partial charge in [0.05, 0.1) is 12.1 Å². The summed E-state index contributed by atoms with van der Waals surface area (Å²) in [6.45, 7) is 3.95. The van der Waals surface area contributed by atoms with E-state index in [2.05, 4.69) is 17.2 Å². The summed E-state index contributed by atoms with van der Waals surface area (Å²) in [5.74, 6) is 0.352. The van der Waals surface area contributed by atoms with Gasteiger partial charge in [-0.1, -0.05) is 13.3 Å². The Kier molecular flexibility index (Phi) is 3.41. The summed E-state index contributed by atoms with van der Waals surface area (Å²) < 4.78 is 1.99. The molecule has 19 heavy (non-hydrogen) atoms. The summed E-state index contributed by atoms with van der Waals surface area (Å²) in [6, 6.07) is 0. The number of fused-ring (bicyclic) bond motifs is 1. The zero-order valence-corrected chi connectivity index (χ0v) is 12.0. The van der Waals surface area contributed by atoms with Crippen molar-refractivity contribution in [2.45, 2.75) is 32.6 Å². The van der Waals surface area contributed by atoms with Crippen LogP contribution in [0.25, 0.3) is 4.96 Å². The number of aromatic nitrogens is 2. The van der Waals surface area contributed by atoms with Gasteiger partial charge in [0.1, 0.15) is 5.78 Å². The van der Waals surface area contributed by atoms with Crippen LogP contribution in [0.15, 0.2) is 17.8 Å². The number of nitrogens with zero attached hydrogens (tertiary/aromatic N) is 2. The number of rotatable bonds is 5. The minimum Gasteiger partial charge on any atom is -0.316 e. The molecule has 102 valence electrons. The third kappa shape index (κ3) is 2.32. The van der Waals surface area contributed by atoms with Crippen molar-refractivity contribution in [1.82, 2.24) is 14.7 Å². The fourth-order valence-electron chi connectivity index (χ4n) is 3.03. The van der Waals surface area contributed by atoms with Crippen LogP contribution in [-0.2, 0) is 11.2 Å². The van der Waals surface area contributed by atoms with Crippen LogP contribution in [0.5, 0.6) is 0 Å². The fourth-order valence-corrected chi connectivity index (χ4v) is 3.75. The summed E-state index contributed by atoms with van der Waals surface area (Å²) in [7, 11) is 0. The molecule has 0 spiro atoms. The largest absolute Gasteiger partial charge is 0.316 e. The monoisotopic (exact) mass is 277 g/mol. The molecule has 0 aromatic carbocycles. The van der Waals surface area contributed by atoms with E-state index < -0.39 is 0 Å². The molecule has 2 aromatic heterocycles. The third-order valence-electron chi connectivity index (χ3n) is 4.05. The lowest BCUT2D eigenvalue weighted by atomic mass is 9.77. The summed E-state index contributed by atoms with van der Waals surface area (Å²) >= 11 is 1.61. The lowest BCUT2D eigenvalue weighted by Gasteiger charge is -2.25. The highest BCUT2D eigenvalue weighted by Crippen LogP contribution is 2.33. The molecule has 1 N–H and O–H groups in total. The normalized spacial score (nSPS) is 23.2. The molecule has 4 nitrogen and oxygen atoms in total. The molecule has 1 aliphatic rings. The number of hydrogen-bond donors (Lipinski definition) is 1. The van der Waals surface area contributed by atoms with Gasteiger partial charge in [-0.25, -0.2) is 4.98 Å². The molecule has 0 aliphatic carbocycles. The minimum atomic E-state index is -0.147. The Balaban J connectivity index is 1.77. The Morgan fingerprint density at radius 3 is 3.21 bits per heavy atom. The van der Waals surface area contributed by atoms with Gasteiger partial charge in [0.25, 0.3) is 0 Å². The van der Waals surface area contributed by atoms with Crippen LogP contribution >= 0.6 is 11.3 Å². The van der Waals surface area contributed by atoms with Crippen LogP contribution in [-0.4, -0.2) is 28.3 Å². The van der Waals surface area contributed by atoms with Gasteiger partial charge < -0.3 is 5.32 Å². The van der Waals surface area contributed by atoms with Crippen molar-refractivity contribution in [3.8, 4) is 0 Å². The Morgan fingerprint density at radius 1 is 1.63 bits per heavy atom. The molecule has 0 bridgehead atoms. The third-order valence-corrected chi connectivity index (χ3v) is 4.82. The molecule has 0 saturated carbocycles. The van der Waals surface area contributed by atoms with Crippen molar-refractivity contribution in [3.05, 3.63) is 23.5 Å². The first-order chi connectivity index (χ1) is 9.23. The second kappa shape index (κ2) is 5.06. The number of Topliss-reactive ketones (excluding diaryl/α,β-unsaturated/α-hetero) is 1. The number of nitrogens with one attached hydrogen (secondary N) is 1. The SMILES string of the molecule is CCCC1(C(=O)Cc2cn3ccsc3n2)CCNC1. The first kappa shape index (κ1) is 12.8. The van der Waals surface area contributed by atoms with Crippen molar-refractivity contribution >= 4 is 22.1 Å². The Hall–Kier alpha value is -1.20. The Labute approximate surface area is 116 Å². The van der Waals surface area contributed by atoms with E-state index in [1.54, 1.807) is 11.3 Å². The second-order valence-electron chi connectivity index (χ2n) is 5.38. The van der Waals surface area contributed by atoms with Crippen molar-refractivity contribution in [2.24, 2.45) is 5.41 Å².